The number of thioether (sulfide) groups is 2. The molecular formula is C25H40N4O6S2. The van der Waals surface area contributed by atoms with E-state index in [1.54, 1.807) is 12.1 Å². The molecule has 0 radical (unpaired) electrons. The molecule has 208 valence electrons. The summed E-state index contributed by atoms with van der Waals surface area (Å²) < 4.78 is 0. The van der Waals surface area contributed by atoms with E-state index in [0.29, 0.717) is 24.3 Å². The van der Waals surface area contributed by atoms with Crippen molar-refractivity contribution in [2.75, 3.05) is 24.0 Å². The number of aliphatic carboxylic acids is 1. The fourth-order valence-electron chi connectivity index (χ4n) is 3.50. The second-order valence-corrected chi connectivity index (χ2v) is 11.2. The number of benzene rings is 1. The molecule has 0 aliphatic rings. The number of nitrogens with two attached hydrogens (primary N) is 1. The molecular weight excluding hydrogens is 516 g/mol. The number of carbonyl (C=O) groups is 4. The van der Waals surface area contributed by atoms with Gasteiger partial charge < -0.3 is 31.9 Å². The number of hydrogen-bond acceptors (Lipinski definition) is 8. The van der Waals surface area contributed by atoms with Gasteiger partial charge in [0, 0.05) is 0 Å². The lowest BCUT2D eigenvalue weighted by molar-refractivity contribution is -0.142. The van der Waals surface area contributed by atoms with Crippen molar-refractivity contribution in [1.82, 2.24) is 16.0 Å². The zero-order chi connectivity index (χ0) is 28.0. The monoisotopic (exact) mass is 556 g/mol. The lowest BCUT2D eigenvalue weighted by Crippen LogP contribution is -2.57. The molecule has 10 nitrogen and oxygen atoms in total. The molecule has 0 saturated heterocycles. The largest absolute Gasteiger partial charge is 0.508 e. The number of aromatic hydroxyl groups is 1. The van der Waals surface area contributed by atoms with Crippen LogP contribution in [0.4, 0.5) is 0 Å². The number of nitrogens with one attached hydrogen (secondary N) is 3. The molecule has 0 saturated carbocycles. The molecule has 0 heterocycles. The third-order valence-corrected chi connectivity index (χ3v) is 6.83. The van der Waals surface area contributed by atoms with Crippen LogP contribution in [0.5, 0.6) is 5.75 Å². The topological polar surface area (TPSA) is 171 Å². The van der Waals surface area contributed by atoms with Crippen LogP contribution in [0.25, 0.3) is 0 Å². The first kappa shape index (κ1) is 32.6. The van der Waals surface area contributed by atoms with Crippen LogP contribution in [-0.2, 0) is 25.6 Å². The molecule has 1 aromatic rings. The van der Waals surface area contributed by atoms with Crippen molar-refractivity contribution in [3.63, 3.8) is 0 Å². The third kappa shape index (κ3) is 12.6. The maximum Gasteiger partial charge on any atom is 0.326 e. The van der Waals surface area contributed by atoms with Gasteiger partial charge in [-0.25, -0.2) is 4.79 Å². The Balaban J connectivity index is 2.92. The molecule has 0 bridgehead atoms. The van der Waals surface area contributed by atoms with Crippen molar-refractivity contribution in [2.24, 2.45) is 11.7 Å². The Morgan fingerprint density at radius 1 is 0.838 bits per heavy atom. The first-order valence-corrected chi connectivity index (χ1v) is 14.9. The summed E-state index contributed by atoms with van der Waals surface area (Å²) in [5, 5.41) is 26.9. The van der Waals surface area contributed by atoms with Gasteiger partial charge in [-0.05, 0) is 73.3 Å². The van der Waals surface area contributed by atoms with Crippen LogP contribution < -0.4 is 21.7 Å². The standard InChI is InChI=1S/C25H40N4O6S2/c1-15(2)13-21(25(34)35)29-24(33)20(10-12-37-4)28-23(32)19(9-11-36-3)27-22(31)18(26)14-16-5-7-17(30)8-6-16/h5-8,15,18-21,30H,9-14,26H2,1-4H3,(H,27,31)(H,28,32)(H,29,33)(H,34,35). The van der Waals surface area contributed by atoms with Crippen molar-refractivity contribution < 1.29 is 29.4 Å². The smallest absolute Gasteiger partial charge is 0.326 e. The molecule has 12 heteroatoms. The Morgan fingerprint density at radius 2 is 1.30 bits per heavy atom. The van der Waals surface area contributed by atoms with Gasteiger partial charge >= 0.3 is 5.97 Å². The summed E-state index contributed by atoms with van der Waals surface area (Å²) >= 11 is 3.01. The second kappa shape index (κ2) is 17.1. The summed E-state index contributed by atoms with van der Waals surface area (Å²) in [5.74, 6) is -1.44. The third-order valence-electron chi connectivity index (χ3n) is 5.54. The lowest BCUT2D eigenvalue weighted by Gasteiger charge is -2.25. The Hall–Kier alpha value is -2.44. The summed E-state index contributed by atoms with van der Waals surface area (Å²) in [6.45, 7) is 3.72. The Bertz CT molecular complexity index is 884. The van der Waals surface area contributed by atoms with Crippen LogP contribution in [-0.4, -0.2) is 82.1 Å². The quantitative estimate of drug-likeness (QED) is 0.166. The van der Waals surface area contributed by atoms with Gasteiger partial charge in [-0.15, -0.1) is 0 Å². The van der Waals surface area contributed by atoms with Gasteiger partial charge in [-0.1, -0.05) is 26.0 Å². The fourth-order valence-corrected chi connectivity index (χ4v) is 4.45. The van der Waals surface area contributed by atoms with Crippen LogP contribution in [0.2, 0.25) is 0 Å². The number of rotatable bonds is 17. The highest BCUT2D eigenvalue weighted by molar-refractivity contribution is 7.98. The average Bonchev–Trinajstić information content (AvgIpc) is 2.84. The normalized spacial score (nSPS) is 14.3. The van der Waals surface area contributed by atoms with E-state index in [1.807, 2.05) is 26.4 Å². The predicted molar refractivity (Wildman–Crippen MR) is 149 cm³/mol. The van der Waals surface area contributed by atoms with Gasteiger partial charge in [0.1, 0.15) is 23.9 Å². The summed E-state index contributed by atoms with van der Waals surface area (Å²) in [6.07, 6.45) is 4.85. The molecule has 1 rings (SSSR count). The van der Waals surface area contributed by atoms with E-state index in [2.05, 4.69) is 16.0 Å². The van der Waals surface area contributed by atoms with E-state index >= 15 is 0 Å². The number of carboxylic acid groups (broad SMARTS) is 1. The number of carboxylic acids is 1. The van der Waals surface area contributed by atoms with Gasteiger partial charge in [0.05, 0.1) is 6.04 Å². The van der Waals surface area contributed by atoms with Gasteiger partial charge in [0.2, 0.25) is 17.7 Å². The highest BCUT2D eigenvalue weighted by atomic mass is 32.2. The molecule has 0 aromatic heterocycles. The summed E-state index contributed by atoms with van der Waals surface area (Å²) in [5.41, 5.74) is 6.83. The molecule has 4 unspecified atom stereocenters. The van der Waals surface area contributed by atoms with Crippen LogP contribution in [0, 0.1) is 5.92 Å². The van der Waals surface area contributed by atoms with Crippen LogP contribution in [0.15, 0.2) is 24.3 Å². The Labute approximate surface area is 227 Å². The minimum Gasteiger partial charge on any atom is -0.508 e. The van der Waals surface area contributed by atoms with Gasteiger partial charge in [-0.3, -0.25) is 14.4 Å². The first-order valence-electron chi connectivity index (χ1n) is 12.1. The fraction of sp³-hybridized carbons (Fsp3) is 0.600. The SMILES string of the molecule is CSCCC(NC(=O)C(N)Cc1ccc(O)cc1)C(=O)NC(CCSC)C(=O)NC(CC(C)C)C(=O)O. The zero-order valence-corrected chi connectivity index (χ0v) is 23.5. The molecule has 37 heavy (non-hydrogen) atoms. The minimum absolute atomic E-state index is 0.0533. The zero-order valence-electron chi connectivity index (χ0n) is 21.9. The molecule has 7 N–H and O–H groups in total. The van der Waals surface area contributed by atoms with E-state index < -0.39 is 47.9 Å². The molecule has 0 spiro atoms. The van der Waals surface area contributed by atoms with Crippen LogP contribution in [0.1, 0.15) is 38.7 Å². The number of phenolic OH excluding ortho intramolecular Hbond substituents is 1. The number of hydrogen-bond donors (Lipinski definition) is 6. The summed E-state index contributed by atoms with van der Waals surface area (Å²) in [7, 11) is 0. The van der Waals surface area contributed by atoms with Gasteiger partial charge in [0.15, 0.2) is 0 Å². The highest BCUT2D eigenvalue weighted by Crippen LogP contribution is 2.12. The average molecular weight is 557 g/mol. The summed E-state index contributed by atoms with van der Waals surface area (Å²) in [4.78, 5) is 50.5. The van der Waals surface area contributed by atoms with Crippen molar-refractivity contribution in [3.05, 3.63) is 29.8 Å². The lowest BCUT2D eigenvalue weighted by atomic mass is 10.0. The maximum atomic E-state index is 13.2. The number of carbonyl (C=O) groups excluding carboxylic acids is 3. The van der Waals surface area contributed by atoms with Crippen molar-refractivity contribution >= 4 is 47.2 Å². The van der Waals surface area contributed by atoms with Crippen molar-refractivity contribution in [1.29, 1.82) is 0 Å². The van der Waals surface area contributed by atoms with Gasteiger partial charge in [-0.2, -0.15) is 23.5 Å². The van der Waals surface area contributed by atoms with Crippen molar-refractivity contribution in [3.8, 4) is 5.75 Å². The molecule has 0 aliphatic carbocycles. The second-order valence-electron chi connectivity index (χ2n) is 9.19. The molecule has 3 amide bonds. The molecule has 4 atom stereocenters. The minimum atomic E-state index is -1.13. The maximum absolute atomic E-state index is 13.2. The van der Waals surface area contributed by atoms with E-state index in [9.17, 15) is 29.4 Å². The van der Waals surface area contributed by atoms with Gasteiger partial charge in [0.25, 0.3) is 0 Å². The van der Waals surface area contributed by atoms with E-state index in [0.717, 1.165) is 5.56 Å². The number of phenols is 1. The Morgan fingerprint density at radius 3 is 1.73 bits per heavy atom. The molecule has 0 aliphatic heterocycles. The van der Waals surface area contributed by atoms with Crippen molar-refractivity contribution in [2.45, 2.75) is 63.7 Å². The van der Waals surface area contributed by atoms with Crippen LogP contribution in [0.3, 0.4) is 0 Å². The van der Waals surface area contributed by atoms with E-state index in [1.165, 1.54) is 35.7 Å². The Kier molecular flexibility index (Phi) is 15.1. The predicted octanol–water partition coefficient (Wildman–Crippen LogP) is 1.35. The van der Waals surface area contributed by atoms with E-state index in [-0.39, 0.29) is 24.5 Å². The first-order chi connectivity index (χ1) is 17.5. The molecule has 1 aromatic carbocycles. The number of amides is 3. The van der Waals surface area contributed by atoms with Crippen LogP contribution >= 0.6 is 23.5 Å². The summed E-state index contributed by atoms with van der Waals surface area (Å²) in [6, 6.07) is 2.49. The molecule has 0 fully saturated rings. The van der Waals surface area contributed by atoms with E-state index in [4.69, 9.17) is 5.73 Å². The highest BCUT2D eigenvalue weighted by Gasteiger charge is 2.30.